The Hall–Kier alpha value is -1.99. The van der Waals surface area contributed by atoms with Crippen molar-refractivity contribution in [2.24, 2.45) is 0 Å². The average Bonchev–Trinajstić information content (AvgIpc) is 2.25. The summed E-state index contributed by atoms with van der Waals surface area (Å²) >= 11 is 0. The molecule has 1 aromatic carbocycles. The maximum atomic E-state index is 12.6. The molecule has 0 spiro atoms. The molecule has 0 atom stereocenters. The lowest BCUT2D eigenvalue weighted by atomic mass is 10.0. The summed E-state index contributed by atoms with van der Waals surface area (Å²) in [4.78, 5) is 21.0. The molecule has 0 heterocycles. The van der Waals surface area contributed by atoms with Crippen molar-refractivity contribution >= 4 is 12.6 Å². The van der Waals surface area contributed by atoms with E-state index in [1.807, 2.05) is 0 Å². The summed E-state index contributed by atoms with van der Waals surface area (Å²) in [5.74, 6) is -1.26. The largest absolute Gasteiger partial charge is 0.573 e. The smallest absolute Gasteiger partial charge is 0.405 e. The highest BCUT2D eigenvalue weighted by Crippen LogP contribution is 2.35. The van der Waals surface area contributed by atoms with Gasteiger partial charge in [-0.3, -0.25) is 9.59 Å². The van der Waals surface area contributed by atoms with E-state index in [1.165, 1.54) is 0 Å². The first-order chi connectivity index (χ1) is 8.28. The van der Waals surface area contributed by atoms with E-state index in [-0.39, 0.29) is 18.1 Å². The minimum absolute atomic E-state index is 0.0717. The quantitative estimate of drug-likeness (QED) is 0.622. The predicted octanol–water partition coefficient (Wildman–Crippen LogP) is 3.15. The monoisotopic (exact) mass is 268 g/mol. The Labute approximate surface area is 97.2 Å². The van der Waals surface area contributed by atoms with Crippen LogP contribution in [0.3, 0.4) is 0 Å². The molecule has 3 nitrogen and oxygen atoms in total. The van der Waals surface area contributed by atoms with Gasteiger partial charge < -0.3 is 4.74 Å². The van der Waals surface area contributed by atoms with E-state index in [1.54, 1.807) is 0 Å². The summed E-state index contributed by atoms with van der Waals surface area (Å²) in [5, 5.41) is 0. The fourth-order valence-electron chi connectivity index (χ4n) is 1.28. The number of benzene rings is 1. The lowest BCUT2D eigenvalue weighted by Gasteiger charge is -2.14. The van der Waals surface area contributed by atoms with Crippen LogP contribution in [0, 0.1) is 0 Å². The van der Waals surface area contributed by atoms with Gasteiger partial charge in [0.1, 0.15) is 12.0 Å². The molecule has 0 radical (unpaired) electrons. The first-order valence-corrected chi connectivity index (χ1v) is 4.40. The number of hydrogen-bond acceptors (Lipinski definition) is 3. The van der Waals surface area contributed by atoms with Crippen molar-refractivity contribution < 1.29 is 36.3 Å². The number of carbonyl (C=O) groups excluding carboxylic acids is 2. The maximum Gasteiger partial charge on any atom is 0.573 e. The van der Waals surface area contributed by atoms with E-state index in [4.69, 9.17) is 0 Å². The number of alkyl halides is 5. The standard InChI is InChI=1S/C10H5F5O3/c11-9(12)8-6(4-17)1-5(3-16)2-7(8)18-10(13,14)15/h1-4,9H. The van der Waals surface area contributed by atoms with Gasteiger partial charge in [-0.2, -0.15) is 0 Å². The molecule has 0 N–H and O–H groups in total. The number of ether oxygens (including phenoxy) is 1. The van der Waals surface area contributed by atoms with Gasteiger partial charge in [-0.05, 0) is 12.1 Å². The van der Waals surface area contributed by atoms with Crippen molar-refractivity contribution in [2.45, 2.75) is 12.8 Å². The SMILES string of the molecule is O=Cc1cc(C=O)c(C(F)F)c(OC(F)(F)F)c1. The van der Waals surface area contributed by atoms with Crippen LogP contribution in [0.5, 0.6) is 5.75 Å². The first kappa shape index (κ1) is 14.1. The van der Waals surface area contributed by atoms with E-state index in [2.05, 4.69) is 4.74 Å². The lowest BCUT2D eigenvalue weighted by Crippen LogP contribution is -2.19. The summed E-state index contributed by atoms with van der Waals surface area (Å²) in [6, 6.07) is 1.25. The number of rotatable bonds is 4. The Morgan fingerprint density at radius 2 is 1.72 bits per heavy atom. The summed E-state index contributed by atoms with van der Waals surface area (Å²) in [6.07, 6.45) is -8.50. The topological polar surface area (TPSA) is 43.4 Å². The molecule has 0 bridgehead atoms. The summed E-state index contributed by atoms with van der Waals surface area (Å²) in [6.45, 7) is 0. The second-order valence-electron chi connectivity index (χ2n) is 3.11. The summed E-state index contributed by atoms with van der Waals surface area (Å²) in [7, 11) is 0. The van der Waals surface area contributed by atoms with Crippen LogP contribution in [-0.4, -0.2) is 18.9 Å². The predicted molar refractivity (Wildman–Crippen MR) is 48.9 cm³/mol. The maximum absolute atomic E-state index is 12.6. The molecular formula is C10H5F5O3. The van der Waals surface area contributed by atoms with E-state index in [0.717, 1.165) is 6.07 Å². The molecule has 1 aromatic rings. The van der Waals surface area contributed by atoms with Gasteiger partial charge in [0.25, 0.3) is 6.43 Å². The van der Waals surface area contributed by atoms with Gasteiger partial charge in [-0.15, -0.1) is 13.2 Å². The van der Waals surface area contributed by atoms with Crippen molar-refractivity contribution in [3.05, 3.63) is 28.8 Å². The fourth-order valence-corrected chi connectivity index (χ4v) is 1.28. The molecule has 0 unspecified atom stereocenters. The van der Waals surface area contributed by atoms with Crippen LogP contribution in [0.1, 0.15) is 32.7 Å². The zero-order valence-corrected chi connectivity index (χ0v) is 8.50. The van der Waals surface area contributed by atoms with Crippen molar-refractivity contribution in [3.8, 4) is 5.75 Å². The molecule has 0 aliphatic carbocycles. The molecule has 0 aliphatic rings. The van der Waals surface area contributed by atoms with Crippen molar-refractivity contribution in [1.82, 2.24) is 0 Å². The summed E-state index contributed by atoms with van der Waals surface area (Å²) < 4.78 is 64.6. The number of halogens is 5. The van der Waals surface area contributed by atoms with Crippen LogP contribution in [0.25, 0.3) is 0 Å². The van der Waals surface area contributed by atoms with E-state index >= 15 is 0 Å². The zero-order valence-electron chi connectivity index (χ0n) is 8.50. The Kier molecular flexibility index (Phi) is 4.00. The fraction of sp³-hybridized carbons (Fsp3) is 0.200. The highest BCUT2D eigenvalue weighted by atomic mass is 19.4. The molecule has 98 valence electrons. The van der Waals surface area contributed by atoms with Crippen molar-refractivity contribution in [1.29, 1.82) is 0 Å². The molecule has 0 aromatic heterocycles. The second-order valence-corrected chi connectivity index (χ2v) is 3.11. The molecule has 0 saturated heterocycles. The molecule has 0 fully saturated rings. The van der Waals surface area contributed by atoms with Crippen LogP contribution in [0.2, 0.25) is 0 Å². The van der Waals surface area contributed by atoms with E-state index in [0.29, 0.717) is 6.07 Å². The summed E-state index contributed by atoms with van der Waals surface area (Å²) in [5.41, 5.74) is -2.30. The average molecular weight is 268 g/mol. The minimum atomic E-state index is -5.20. The molecule has 18 heavy (non-hydrogen) atoms. The van der Waals surface area contributed by atoms with E-state index in [9.17, 15) is 31.5 Å². The third kappa shape index (κ3) is 3.25. The molecular weight excluding hydrogens is 263 g/mol. The number of aldehydes is 2. The van der Waals surface area contributed by atoms with Crippen molar-refractivity contribution in [3.63, 3.8) is 0 Å². The van der Waals surface area contributed by atoms with E-state index < -0.39 is 29.7 Å². The van der Waals surface area contributed by atoms with Crippen LogP contribution < -0.4 is 4.74 Å². The first-order valence-electron chi connectivity index (χ1n) is 4.40. The molecule has 8 heteroatoms. The molecule has 0 saturated carbocycles. The molecule has 1 rings (SSSR count). The van der Waals surface area contributed by atoms with Gasteiger partial charge in [0.15, 0.2) is 6.29 Å². The van der Waals surface area contributed by atoms with Gasteiger partial charge >= 0.3 is 6.36 Å². The van der Waals surface area contributed by atoms with Crippen molar-refractivity contribution in [2.75, 3.05) is 0 Å². The van der Waals surface area contributed by atoms with Gasteiger partial charge in [0.05, 0.1) is 5.56 Å². The Morgan fingerprint density at radius 3 is 2.11 bits per heavy atom. The molecule has 0 amide bonds. The Balaban J connectivity index is 3.43. The van der Waals surface area contributed by atoms with Gasteiger partial charge in [-0.25, -0.2) is 8.78 Å². The van der Waals surface area contributed by atoms with Gasteiger partial charge in [-0.1, -0.05) is 0 Å². The zero-order chi connectivity index (χ0) is 13.9. The highest BCUT2D eigenvalue weighted by Gasteiger charge is 2.34. The molecule has 0 aliphatic heterocycles. The lowest BCUT2D eigenvalue weighted by molar-refractivity contribution is -0.275. The third-order valence-electron chi connectivity index (χ3n) is 1.90. The third-order valence-corrected chi connectivity index (χ3v) is 1.90. The van der Waals surface area contributed by atoms with Crippen LogP contribution in [0.15, 0.2) is 12.1 Å². The van der Waals surface area contributed by atoms with Crippen LogP contribution in [-0.2, 0) is 0 Å². The van der Waals surface area contributed by atoms with Crippen LogP contribution >= 0.6 is 0 Å². The van der Waals surface area contributed by atoms with Gasteiger partial charge in [0, 0.05) is 11.1 Å². The highest BCUT2D eigenvalue weighted by molar-refractivity contribution is 5.85. The van der Waals surface area contributed by atoms with Gasteiger partial charge in [0.2, 0.25) is 0 Å². The number of hydrogen-bond donors (Lipinski definition) is 0. The normalized spacial score (nSPS) is 11.4. The number of carbonyl (C=O) groups is 2. The van der Waals surface area contributed by atoms with Crippen LogP contribution in [0.4, 0.5) is 22.0 Å². The second kappa shape index (κ2) is 5.11. The Morgan fingerprint density at radius 1 is 1.11 bits per heavy atom. The Bertz CT molecular complexity index is 467. The minimum Gasteiger partial charge on any atom is -0.405 e.